The summed E-state index contributed by atoms with van der Waals surface area (Å²) >= 11 is 5.84. The average molecular weight is 402 g/mol. The molecule has 1 heterocycles. The van der Waals surface area contributed by atoms with Crippen LogP contribution in [0.25, 0.3) is 0 Å². The normalized spacial score (nSPS) is 13.5. The number of aromatic nitrogens is 1. The first-order chi connectivity index (χ1) is 11.7. The Morgan fingerprint density at radius 3 is 2.12 bits per heavy atom. The highest BCUT2D eigenvalue weighted by Crippen LogP contribution is 2.33. The predicted octanol–water partition coefficient (Wildman–Crippen LogP) is 3.46. The lowest BCUT2D eigenvalue weighted by Gasteiger charge is -2.18. The number of sulfone groups is 2. The number of benzene rings is 1. The second kappa shape index (κ2) is 8.29. The van der Waals surface area contributed by atoms with Crippen LogP contribution in [0.4, 0.5) is 0 Å². The number of hydrogen-bond acceptors (Lipinski definition) is 5. The summed E-state index contributed by atoms with van der Waals surface area (Å²) in [5.74, 6) is 0.0526. The van der Waals surface area contributed by atoms with Gasteiger partial charge in [0.05, 0.1) is 10.1 Å². The Morgan fingerprint density at radius 2 is 1.56 bits per heavy atom. The molecule has 136 valence electrons. The van der Waals surface area contributed by atoms with Gasteiger partial charge in [-0.1, -0.05) is 18.0 Å². The van der Waals surface area contributed by atoms with E-state index in [0.717, 1.165) is 0 Å². The Morgan fingerprint density at radius 1 is 0.960 bits per heavy atom. The highest BCUT2D eigenvalue weighted by atomic mass is 35.5. The molecule has 0 bridgehead atoms. The van der Waals surface area contributed by atoms with Crippen LogP contribution >= 0.6 is 11.6 Å². The quantitative estimate of drug-likeness (QED) is 0.632. The zero-order chi connectivity index (χ0) is 18.5. The van der Waals surface area contributed by atoms with Gasteiger partial charge in [-0.15, -0.1) is 0 Å². The van der Waals surface area contributed by atoms with Gasteiger partial charge < -0.3 is 0 Å². The SMILES string of the molecule is CS(=O)(=O)CCCCC(c1ccncc1)S(=O)(=O)c1ccc(Cl)cc1. The molecule has 1 aromatic carbocycles. The van der Waals surface area contributed by atoms with Crippen molar-refractivity contribution in [3.8, 4) is 0 Å². The fraction of sp³-hybridized carbons (Fsp3) is 0.353. The van der Waals surface area contributed by atoms with E-state index in [4.69, 9.17) is 11.6 Å². The van der Waals surface area contributed by atoms with Crippen molar-refractivity contribution in [1.29, 1.82) is 0 Å². The van der Waals surface area contributed by atoms with Crippen molar-refractivity contribution in [2.24, 2.45) is 0 Å². The molecule has 1 aromatic heterocycles. The van der Waals surface area contributed by atoms with Gasteiger partial charge in [-0.05, 0) is 54.8 Å². The molecule has 2 rings (SSSR count). The topological polar surface area (TPSA) is 81.2 Å². The third kappa shape index (κ3) is 5.80. The number of rotatable bonds is 8. The van der Waals surface area contributed by atoms with Crippen LogP contribution in [0.5, 0.6) is 0 Å². The molecule has 1 unspecified atom stereocenters. The summed E-state index contributed by atoms with van der Waals surface area (Å²) in [6.07, 6.45) is 5.54. The number of halogens is 1. The largest absolute Gasteiger partial charge is 0.265 e. The molecule has 25 heavy (non-hydrogen) atoms. The molecule has 0 saturated carbocycles. The van der Waals surface area contributed by atoms with Gasteiger partial charge >= 0.3 is 0 Å². The molecule has 5 nitrogen and oxygen atoms in total. The van der Waals surface area contributed by atoms with Gasteiger partial charge in [0.15, 0.2) is 9.84 Å². The molecule has 0 fully saturated rings. The molecule has 1 atom stereocenters. The van der Waals surface area contributed by atoms with Crippen molar-refractivity contribution in [2.45, 2.75) is 29.4 Å². The van der Waals surface area contributed by atoms with Crippen LogP contribution in [0.2, 0.25) is 5.02 Å². The molecule has 0 radical (unpaired) electrons. The van der Waals surface area contributed by atoms with Crippen LogP contribution in [-0.4, -0.2) is 33.8 Å². The van der Waals surface area contributed by atoms with Gasteiger partial charge in [0.25, 0.3) is 0 Å². The van der Waals surface area contributed by atoms with Crippen molar-refractivity contribution in [2.75, 3.05) is 12.0 Å². The fourth-order valence-corrected chi connectivity index (χ4v) is 5.25. The fourth-order valence-electron chi connectivity index (χ4n) is 2.56. The number of unbranched alkanes of at least 4 members (excludes halogenated alkanes) is 1. The summed E-state index contributed by atoms with van der Waals surface area (Å²) in [5, 5.41) is -0.288. The van der Waals surface area contributed by atoms with Gasteiger partial charge in [-0.25, -0.2) is 16.8 Å². The van der Waals surface area contributed by atoms with Gasteiger partial charge in [0.2, 0.25) is 0 Å². The second-order valence-electron chi connectivity index (χ2n) is 5.89. The molecule has 0 N–H and O–H groups in total. The van der Waals surface area contributed by atoms with Gasteiger partial charge in [0, 0.05) is 29.4 Å². The van der Waals surface area contributed by atoms with E-state index in [1.165, 1.54) is 18.4 Å². The van der Waals surface area contributed by atoms with Crippen molar-refractivity contribution in [3.63, 3.8) is 0 Å². The average Bonchev–Trinajstić information content (AvgIpc) is 2.54. The zero-order valence-electron chi connectivity index (χ0n) is 13.8. The Kier molecular flexibility index (Phi) is 6.59. The van der Waals surface area contributed by atoms with Crippen LogP contribution in [0.3, 0.4) is 0 Å². The van der Waals surface area contributed by atoms with Crippen LogP contribution in [0, 0.1) is 0 Å². The van der Waals surface area contributed by atoms with Crippen LogP contribution in [0.1, 0.15) is 30.1 Å². The molecule has 0 saturated heterocycles. The minimum atomic E-state index is -3.62. The van der Waals surface area contributed by atoms with Crippen molar-refractivity contribution >= 4 is 31.3 Å². The van der Waals surface area contributed by atoms with Gasteiger partial charge in [-0.2, -0.15) is 0 Å². The Balaban J connectivity index is 2.26. The molecule has 0 spiro atoms. The molecule has 2 aromatic rings. The summed E-state index contributed by atoms with van der Waals surface area (Å²) in [6, 6.07) is 9.41. The summed E-state index contributed by atoms with van der Waals surface area (Å²) in [7, 11) is -6.68. The molecule has 8 heteroatoms. The maximum absolute atomic E-state index is 13.1. The van der Waals surface area contributed by atoms with E-state index in [1.807, 2.05) is 0 Å². The predicted molar refractivity (Wildman–Crippen MR) is 99.2 cm³/mol. The van der Waals surface area contributed by atoms with E-state index in [2.05, 4.69) is 4.98 Å². The first-order valence-electron chi connectivity index (χ1n) is 7.77. The van der Waals surface area contributed by atoms with E-state index in [9.17, 15) is 16.8 Å². The monoisotopic (exact) mass is 401 g/mol. The molecular weight excluding hydrogens is 382 g/mol. The van der Waals surface area contributed by atoms with E-state index in [-0.39, 0.29) is 10.6 Å². The van der Waals surface area contributed by atoms with Gasteiger partial charge in [-0.3, -0.25) is 4.98 Å². The van der Waals surface area contributed by atoms with E-state index in [0.29, 0.717) is 29.8 Å². The summed E-state index contributed by atoms with van der Waals surface area (Å²) in [5.41, 5.74) is 0.643. The summed E-state index contributed by atoms with van der Waals surface area (Å²) in [4.78, 5) is 4.13. The van der Waals surface area contributed by atoms with E-state index < -0.39 is 24.9 Å². The van der Waals surface area contributed by atoms with Gasteiger partial charge in [0.1, 0.15) is 9.84 Å². The second-order valence-corrected chi connectivity index (χ2v) is 10.7. The highest BCUT2D eigenvalue weighted by molar-refractivity contribution is 7.91. The number of nitrogens with zero attached hydrogens (tertiary/aromatic N) is 1. The maximum atomic E-state index is 13.1. The minimum Gasteiger partial charge on any atom is -0.265 e. The molecular formula is C17H20ClNO4S2. The van der Waals surface area contributed by atoms with E-state index >= 15 is 0 Å². The van der Waals surface area contributed by atoms with Crippen molar-refractivity contribution in [3.05, 3.63) is 59.4 Å². The summed E-state index contributed by atoms with van der Waals surface area (Å²) in [6.45, 7) is 0. The third-order valence-electron chi connectivity index (χ3n) is 3.83. The van der Waals surface area contributed by atoms with E-state index in [1.54, 1.807) is 36.7 Å². The zero-order valence-corrected chi connectivity index (χ0v) is 16.2. The maximum Gasteiger partial charge on any atom is 0.185 e. The Bertz CT molecular complexity index is 895. The first kappa shape index (κ1) is 19.9. The van der Waals surface area contributed by atoms with Crippen molar-refractivity contribution < 1.29 is 16.8 Å². The van der Waals surface area contributed by atoms with Crippen LogP contribution in [-0.2, 0) is 19.7 Å². The third-order valence-corrected chi connectivity index (χ3v) is 7.29. The Hall–Kier alpha value is -1.44. The minimum absolute atomic E-state index is 0.0526. The molecule has 0 aliphatic carbocycles. The lowest BCUT2D eigenvalue weighted by atomic mass is 10.1. The van der Waals surface area contributed by atoms with Crippen molar-refractivity contribution in [1.82, 2.24) is 4.98 Å². The molecule has 0 aliphatic rings. The van der Waals surface area contributed by atoms with Crippen LogP contribution in [0.15, 0.2) is 53.7 Å². The summed E-state index contributed by atoms with van der Waals surface area (Å²) < 4.78 is 48.6. The number of hydrogen-bond donors (Lipinski definition) is 0. The first-order valence-corrected chi connectivity index (χ1v) is 11.8. The lowest BCUT2D eigenvalue weighted by molar-refractivity contribution is 0.567. The molecule has 0 aliphatic heterocycles. The standard InChI is InChI=1S/C17H20ClNO4S2/c1-24(20,21)13-3-2-4-17(14-9-11-19-12-10-14)25(22,23)16-7-5-15(18)6-8-16/h5-12,17H,2-4,13H2,1H3. The Labute approximate surface area is 153 Å². The smallest absolute Gasteiger partial charge is 0.185 e. The van der Waals surface area contributed by atoms with Crippen LogP contribution < -0.4 is 0 Å². The lowest BCUT2D eigenvalue weighted by Crippen LogP contribution is -2.15. The molecule has 0 amide bonds. The highest BCUT2D eigenvalue weighted by Gasteiger charge is 2.28. The number of pyridine rings is 1.